The maximum absolute atomic E-state index is 4.70. The molecule has 0 amide bonds. The van der Waals surface area contributed by atoms with Crippen LogP contribution in [-0.2, 0) is 6.42 Å². The number of aryl methyl sites for hydroxylation is 2. The van der Waals surface area contributed by atoms with Crippen LogP contribution in [0.3, 0.4) is 0 Å². The van der Waals surface area contributed by atoms with Crippen LogP contribution in [0.2, 0.25) is 0 Å². The van der Waals surface area contributed by atoms with Crippen molar-refractivity contribution in [3.63, 3.8) is 0 Å². The highest BCUT2D eigenvalue weighted by atomic mass is 79.9. The Balaban J connectivity index is 2.58. The highest BCUT2D eigenvalue weighted by Gasteiger charge is 2.13. The van der Waals surface area contributed by atoms with E-state index in [1.807, 2.05) is 19.2 Å². The summed E-state index contributed by atoms with van der Waals surface area (Å²) in [4.78, 5) is 9.30. The van der Waals surface area contributed by atoms with E-state index < -0.39 is 0 Å². The first-order chi connectivity index (χ1) is 9.17. The number of nitrogens with one attached hydrogen (secondary N) is 1. The molecule has 0 aliphatic rings. The summed E-state index contributed by atoms with van der Waals surface area (Å²) in [5, 5.41) is 3.13. The van der Waals surface area contributed by atoms with Gasteiger partial charge >= 0.3 is 0 Å². The van der Waals surface area contributed by atoms with Gasteiger partial charge in [-0.1, -0.05) is 37.6 Å². The van der Waals surface area contributed by atoms with Crippen molar-refractivity contribution in [1.29, 1.82) is 0 Å². The van der Waals surface area contributed by atoms with E-state index in [-0.39, 0.29) is 0 Å². The van der Waals surface area contributed by atoms with Crippen molar-refractivity contribution in [3.8, 4) is 11.4 Å². The van der Waals surface area contributed by atoms with E-state index in [9.17, 15) is 0 Å². The minimum Gasteiger partial charge on any atom is -0.372 e. The van der Waals surface area contributed by atoms with Gasteiger partial charge in [-0.15, -0.1) is 0 Å². The molecule has 0 atom stereocenters. The van der Waals surface area contributed by atoms with Crippen molar-refractivity contribution in [2.45, 2.75) is 26.7 Å². The van der Waals surface area contributed by atoms with Crippen LogP contribution in [0.5, 0.6) is 0 Å². The molecule has 0 spiro atoms. The molecule has 0 aliphatic heterocycles. The molecule has 1 N–H and O–H groups in total. The molecule has 100 valence electrons. The van der Waals surface area contributed by atoms with Crippen LogP contribution in [0.15, 0.2) is 28.7 Å². The molecule has 4 heteroatoms. The van der Waals surface area contributed by atoms with Gasteiger partial charge in [0, 0.05) is 12.6 Å². The first-order valence-electron chi connectivity index (χ1n) is 6.47. The molecule has 0 saturated heterocycles. The molecule has 1 aromatic heterocycles. The van der Waals surface area contributed by atoms with Gasteiger partial charge in [-0.05, 0) is 34.8 Å². The molecular weight excluding hydrogens is 302 g/mol. The van der Waals surface area contributed by atoms with Crippen molar-refractivity contribution < 1.29 is 0 Å². The third-order valence-electron chi connectivity index (χ3n) is 3.03. The molecule has 19 heavy (non-hydrogen) atoms. The molecule has 0 aliphatic carbocycles. The lowest BCUT2D eigenvalue weighted by atomic mass is 10.1. The largest absolute Gasteiger partial charge is 0.372 e. The summed E-state index contributed by atoms with van der Waals surface area (Å²) in [7, 11) is 1.88. The molecule has 0 radical (unpaired) electrons. The van der Waals surface area contributed by atoms with E-state index in [1.165, 1.54) is 5.56 Å². The number of hydrogen-bond donors (Lipinski definition) is 1. The highest BCUT2D eigenvalue weighted by Crippen LogP contribution is 2.28. The number of halogens is 1. The molecule has 1 aromatic carbocycles. The second-order valence-electron chi connectivity index (χ2n) is 4.47. The van der Waals surface area contributed by atoms with Gasteiger partial charge in [-0.2, -0.15) is 0 Å². The van der Waals surface area contributed by atoms with Crippen LogP contribution in [0.1, 0.15) is 24.6 Å². The minimum absolute atomic E-state index is 0.786. The normalized spacial score (nSPS) is 10.5. The van der Waals surface area contributed by atoms with Gasteiger partial charge in [0.2, 0.25) is 0 Å². The zero-order valence-corrected chi connectivity index (χ0v) is 13.1. The Morgan fingerprint density at radius 1 is 1.21 bits per heavy atom. The third-order valence-corrected chi connectivity index (χ3v) is 3.86. The number of anilines is 1. The van der Waals surface area contributed by atoms with E-state index in [0.717, 1.165) is 40.2 Å². The van der Waals surface area contributed by atoms with Crippen molar-refractivity contribution in [2.24, 2.45) is 0 Å². The van der Waals surface area contributed by atoms with Crippen LogP contribution in [0, 0.1) is 6.92 Å². The lowest BCUT2D eigenvalue weighted by molar-refractivity contribution is 0.868. The highest BCUT2D eigenvalue weighted by molar-refractivity contribution is 9.10. The standard InChI is InChI=1S/C15H18BrN3/c1-4-7-12-13(16)15(17-3)19-14(18-12)11-9-6-5-8-10(11)2/h5-6,8-9H,4,7H2,1-3H3,(H,17,18,19). The Hall–Kier alpha value is -1.42. The Morgan fingerprint density at radius 2 is 1.95 bits per heavy atom. The van der Waals surface area contributed by atoms with Gasteiger partial charge in [-0.25, -0.2) is 9.97 Å². The summed E-state index contributed by atoms with van der Waals surface area (Å²) in [6, 6.07) is 8.20. The summed E-state index contributed by atoms with van der Waals surface area (Å²) in [5.74, 6) is 1.63. The predicted molar refractivity (Wildman–Crippen MR) is 83.4 cm³/mol. The van der Waals surface area contributed by atoms with Crippen molar-refractivity contribution in [2.75, 3.05) is 12.4 Å². The summed E-state index contributed by atoms with van der Waals surface area (Å²) in [5.41, 5.74) is 3.33. The number of rotatable bonds is 4. The van der Waals surface area contributed by atoms with Crippen LogP contribution in [-0.4, -0.2) is 17.0 Å². The molecule has 1 heterocycles. The Labute approximate surface area is 122 Å². The predicted octanol–water partition coefficient (Wildman–Crippen LogP) is 4.21. The van der Waals surface area contributed by atoms with Crippen LogP contribution in [0.4, 0.5) is 5.82 Å². The molecule has 3 nitrogen and oxygen atoms in total. The average Bonchev–Trinajstić information content (AvgIpc) is 2.42. The lowest BCUT2D eigenvalue weighted by Crippen LogP contribution is -2.03. The van der Waals surface area contributed by atoms with Crippen LogP contribution < -0.4 is 5.32 Å². The molecule has 2 aromatic rings. The molecule has 0 unspecified atom stereocenters. The van der Waals surface area contributed by atoms with E-state index in [0.29, 0.717) is 0 Å². The summed E-state index contributed by atoms with van der Waals surface area (Å²) >= 11 is 3.58. The molecular formula is C15H18BrN3. The number of aromatic nitrogens is 2. The molecule has 2 rings (SSSR count). The smallest absolute Gasteiger partial charge is 0.162 e. The maximum Gasteiger partial charge on any atom is 0.162 e. The van der Waals surface area contributed by atoms with E-state index in [1.54, 1.807) is 0 Å². The van der Waals surface area contributed by atoms with Gasteiger partial charge < -0.3 is 5.32 Å². The van der Waals surface area contributed by atoms with E-state index in [4.69, 9.17) is 4.98 Å². The SMILES string of the molecule is CCCc1nc(-c2ccccc2C)nc(NC)c1Br. The lowest BCUT2D eigenvalue weighted by Gasteiger charge is -2.12. The number of hydrogen-bond acceptors (Lipinski definition) is 3. The zero-order valence-electron chi connectivity index (χ0n) is 11.5. The van der Waals surface area contributed by atoms with Gasteiger partial charge in [0.25, 0.3) is 0 Å². The fraction of sp³-hybridized carbons (Fsp3) is 0.333. The summed E-state index contributed by atoms with van der Waals surface area (Å²) in [6.45, 7) is 4.24. The molecule has 0 saturated carbocycles. The zero-order chi connectivity index (χ0) is 13.8. The minimum atomic E-state index is 0.786. The topological polar surface area (TPSA) is 37.8 Å². The maximum atomic E-state index is 4.70. The van der Waals surface area contributed by atoms with Gasteiger partial charge in [0.1, 0.15) is 5.82 Å². The van der Waals surface area contributed by atoms with Crippen LogP contribution in [0.25, 0.3) is 11.4 Å². The second-order valence-corrected chi connectivity index (χ2v) is 5.26. The third kappa shape index (κ3) is 2.95. The fourth-order valence-electron chi connectivity index (χ4n) is 2.01. The first kappa shape index (κ1) is 14.0. The van der Waals surface area contributed by atoms with Gasteiger partial charge in [0.15, 0.2) is 5.82 Å². The monoisotopic (exact) mass is 319 g/mol. The quantitative estimate of drug-likeness (QED) is 0.917. The fourth-order valence-corrected chi connectivity index (χ4v) is 2.58. The first-order valence-corrected chi connectivity index (χ1v) is 7.26. The van der Waals surface area contributed by atoms with Gasteiger partial charge in [0.05, 0.1) is 10.2 Å². The van der Waals surface area contributed by atoms with E-state index >= 15 is 0 Å². The Kier molecular flexibility index (Phi) is 4.53. The van der Waals surface area contributed by atoms with Gasteiger partial charge in [-0.3, -0.25) is 0 Å². The number of benzene rings is 1. The van der Waals surface area contributed by atoms with Crippen molar-refractivity contribution in [3.05, 3.63) is 40.0 Å². The summed E-state index contributed by atoms with van der Waals surface area (Å²) < 4.78 is 0.967. The van der Waals surface area contributed by atoms with Crippen molar-refractivity contribution in [1.82, 2.24) is 9.97 Å². The molecule has 0 bridgehead atoms. The van der Waals surface area contributed by atoms with E-state index in [2.05, 4.69) is 52.2 Å². The average molecular weight is 320 g/mol. The molecule has 0 fully saturated rings. The Morgan fingerprint density at radius 3 is 2.58 bits per heavy atom. The second kappa shape index (κ2) is 6.15. The summed E-state index contributed by atoms with van der Waals surface area (Å²) in [6.07, 6.45) is 2.00. The Bertz CT molecular complexity index is 582. The number of nitrogens with zero attached hydrogens (tertiary/aromatic N) is 2. The van der Waals surface area contributed by atoms with Crippen LogP contribution >= 0.6 is 15.9 Å². The van der Waals surface area contributed by atoms with Crippen molar-refractivity contribution >= 4 is 21.7 Å².